The number of hydrogen-bond acceptors (Lipinski definition) is 2. The average Bonchev–Trinajstić information content (AvgIpc) is 2.37. The van der Waals surface area contributed by atoms with E-state index in [2.05, 4.69) is 30.3 Å². The van der Waals surface area contributed by atoms with Crippen LogP contribution in [-0.4, -0.2) is 12.6 Å². The second kappa shape index (κ2) is 5.50. The largest absolute Gasteiger partial charge is 0.461 e. The molecule has 0 bridgehead atoms. The molecule has 2 aromatic carbocycles. The highest BCUT2D eigenvalue weighted by molar-refractivity contribution is 5.90. The minimum atomic E-state index is -0.249. The van der Waals surface area contributed by atoms with Gasteiger partial charge in [-0.15, -0.1) is 0 Å². The third-order valence-electron chi connectivity index (χ3n) is 2.73. The second-order valence-electron chi connectivity index (χ2n) is 4.34. The fourth-order valence-electron chi connectivity index (χ4n) is 1.90. The maximum Gasteiger partial charge on any atom is 0.302 e. The number of ether oxygens (including phenoxy) is 1. The van der Waals surface area contributed by atoms with Gasteiger partial charge in [0.1, 0.15) is 6.61 Å². The van der Waals surface area contributed by atoms with E-state index in [9.17, 15) is 4.79 Å². The highest BCUT2D eigenvalue weighted by atomic mass is 16.5. The molecule has 0 unspecified atom stereocenters. The number of carbonyl (C=O) groups is 1. The summed E-state index contributed by atoms with van der Waals surface area (Å²) in [6.45, 7) is 3.73. The molecule has 0 aliphatic heterocycles. The lowest BCUT2D eigenvalue weighted by Gasteiger charge is -2.05. The number of esters is 1. The molecule has 92 valence electrons. The summed E-state index contributed by atoms with van der Waals surface area (Å²) in [5.41, 5.74) is 2.18. The van der Waals surface area contributed by atoms with Gasteiger partial charge in [0.15, 0.2) is 0 Å². The Kier molecular flexibility index (Phi) is 3.78. The third kappa shape index (κ3) is 2.98. The standard InChI is InChI=1S/C16H16O2/c1-12(11-18-13(2)17)10-15-8-5-7-14-6-3-4-9-16(14)15/h3-10H,11H2,1-2H3. The quantitative estimate of drug-likeness (QED) is 0.763. The Morgan fingerprint density at radius 1 is 1.11 bits per heavy atom. The summed E-state index contributed by atoms with van der Waals surface area (Å²) in [6, 6.07) is 14.4. The van der Waals surface area contributed by atoms with E-state index in [-0.39, 0.29) is 5.97 Å². The molecule has 2 nitrogen and oxygen atoms in total. The molecule has 0 amide bonds. The summed E-state index contributed by atoms with van der Waals surface area (Å²) in [4.78, 5) is 10.8. The first-order valence-corrected chi connectivity index (χ1v) is 5.95. The molecule has 0 saturated carbocycles. The van der Waals surface area contributed by atoms with E-state index >= 15 is 0 Å². The highest BCUT2D eigenvalue weighted by Crippen LogP contribution is 2.20. The minimum absolute atomic E-state index is 0.249. The summed E-state index contributed by atoms with van der Waals surface area (Å²) < 4.78 is 4.98. The Hall–Kier alpha value is -2.09. The average molecular weight is 240 g/mol. The van der Waals surface area contributed by atoms with Crippen LogP contribution in [0, 0.1) is 0 Å². The molecule has 0 spiro atoms. The van der Waals surface area contributed by atoms with Crippen LogP contribution in [0.3, 0.4) is 0 Å². The van der Waals surface area contributed by atoms with Crippen LogP contribution in [0.5, 0.6) is 0 Å². The Bertz CT molecular complexity index is 592. The Morgan fingerprint density at radius 2 is 1.83 bits per heavy atom. The molecule has 0 radical (unpaired) electrons. The van der Waals surface area contributed by atoms with E-state index in [1.807, 2.05) is 25.1 Å². The van der Waals surface area contributed by atoms with E-state index in [1.54, 1.807) is 0 Å². The molecule has 0 aliphatic rings. The van der Waals surface area contributed by atoms with Gasteiger partial charge >= 0.3 is 5.97 Å². The molecule has 0 aromatic heterocycles. The third-order valence-corrected chi connectivity index (χ3v) is 2.73. The fourth-order valence-corrected chi connectivity index (χ4v) is 1.90. The van der Waals surface area contributed by atoms with Crippen molar-refractivity contribution in [1.82, 2.24) is 0 Å². The van der Waals surface area contributed by atoms with Crippen molar-refractivity contribution < 1.29 is 9.53 Å². The van der Waals surface area contributed by atoms with Gasteiger partial charge in [0.25, 0.3) is 0 Å². The van der Waals surface area contributed by atoms with Crippen molar-refractivity contribution in [2.45, 2.75) is 13.8 Å². The zero-order valence-electron chi connectivity index (χ0n) is 10.6. The first-order valence-electron chi connectivity index (χ1n) is 5.95. The Morgan fingerprint density at radius 3 is 2.61 bits per heavy atom. The first-order chi connectivity index (χ1) is 8.66. The van der Waals surface area contributed by atoms with Crippen LogP contribution in [0.15, 0.2) is 48.0 Å². The maximum absolute atomic E-state index is 10.8. The van der Waals surface area contributed by atoms with Gasteiger partial charge in [-0.1, -0.05) is 48.5 Å². The van der Waals surface area contributed by atoms with E-state index in [0.717, 1.165) is 11.1 Å². The lowest BCUT2D eigenvalue weighted by atomic mass is 10.0. The Labute approximate surface area is 107 Å². The van der Waals surface area contributed by atoms with Gasteiger partial charge in [0, 0.05) is 6.92 Å². The van der Waals surface area contributed by atoms with Gasteiger partial charge in [-0.2, -0.15) is 0 Å². The molecular formula is C16H16O2. The van der Waals surface area contributed by atoms with Gasteiger partial charge in [-0.05, 0) is 28.8 Å². The van der Waals surface area contributed by atoms with Crippen molar-refractivity contribution in [3.63, 3.8) is 0 Å². The van der Waals surface area contributed by atoms with Crippen LogP contribution >= 0.6 is 0 Å². The SMILES string of the molecule is CC(=O)OCC(C)=Cc1cccc2ccccc12. The molecule has 2 heteroatoms. The topological polar surface area (TPSA) is 26.3 Å². The summed E-state index contributed by atoms with van der Waals surface area (Å²) in [5.74, 6) is -0.249. The van der Waals surface area contributed by atoms with Gasteiger partial charge in [-0.3, -0.25) is 4.79 Å². The lowest BCUT2D eigenvalue weighted by Crippen LogP contribution is -2.01. The van der Waals surface area contributed by atoms with Crippen LogP contribution in [0.25, 0.3) is 16.8 Å². The van der Waals surface area contributed by atoms with Gasteiger partial charge in [0.05, 0.1) is 0 Å². The minimum Gasteiger partial charge on any atom is -0.461 e. The molecule has 0 N–H and O–H groups in total. The predicted molar refractivity (Wildman–Crippen MR) is 74.2 cm³/mol. The number of carbonyl (C=O) groups excluding carboxylic acids is 1. The monoisotopic (exact) mass is 240 g/mol. The van der Waals surface area contributed by atoms with Gasteiger partial charge < -0.3 is 4.74 Å². The van der Waals surface area contributed by atoms with Crippen molar-refractivity contribution in [2.24, 2.45) is 0 Å². The van der Waals surface area contributed by atoms with E-state index in [4.69, 9.17) is 4.74 Å². The number of fused-ring (bicyclic) bond motifs is 1. The molecular weight excluding hydrogens is 224 g/mol. The molecule has 2 rings (SSSR count). The molecule has 0 atom stereocenters. The van der Waals surface area contributed by atoms with Crippen molar-refractivity contribution in [3.05, 3.63) is 53.6 Å². The predicted octanol–water partition coefficient (Wildman–Crippen LogP) is 3.81. The number of rotatable bonds is 3. The Balaban J connectivity index is 2.31. The zero-order valence-corrected chi connectivity index (χ0v) is 10.6. The van der Waals surface area contributed by atoms with E-state index in [0.29, 0.717) is 6.61 Å². The molecule has 0 heterocycles. The molecule has 0 fully saturated rings. The fraction of sp³-hybridized carbons (Fsp3) is 0.188. The molecule has 2 aromatic rings. The summed E-state index contributed by atoms with van der Waals surface area (Å²) in [6.07, 6.45) is 2.06. The van der Waals surface area contributed by atoms with Crippen LogP contribution < -0.4 is 0 Å². The van der Waals surface area contributed by atoms with Crippen molar-refractivity contribution >= 4 is 22.8 Å². The normalized spacial score (nSPS) is 11.6. The van der Waals surface area contributed by atoms with Gasteiger partial charge in [0.2, 0.25) is 0 Å². The number of benzene rings is 2. The zero-order chi connectivity index (χ0) is 13.0. The van der Waals surface area contributed by atoms with E-state index in [1.165, 1.54) is 17.7 Å². The smallest absolute Gasteiger partial charge is 0.302 e. The molecule has 0 aliphatic carbocycles. The van der Waals surface area contributed by atoms with E-state index < -0.39 is 0 Å². The van der Waals surface area contributed by atoms with Crippen LogP contribution in [0.2, 0.25) is 0 Å². The van der Waals surface area contributed by atoms with Crippen molar-refractivity contribution in [1.29, 1.82) is 0 Å². The summed E-state index contributed by atoms with van der Waals surface area (Å²) in [7, 11) is 0. The van der Waals surface area contributed by atoms with Crippen LogP contribution in [0.4, 0.5) is 0 Å². The second-order valence-corrected chi connectivity index (χ2v) is 4.34. The van der Waals surface area contributed by atoms with Crippen molar-refractivity contribution in [2.75, 3.05) is 6.61 Å². The van der Waals surface area contributed by atoms with Crippen LogP contribution in [0.1, 0.15) is 19.4 Å². The summed E-state index contributed by atoms with van der Waals surface area (Å²) in [5, 5.41) is 2.42. The van der Waals surface area contributed by atoms with Crippen molar-refractivity contribution in [3.8, 4) is 0 Å². The number of hydrogen-bond donors (Lipinski definition) is 0. The first kappa shape index (κ1) is 12.4. The van der Waals surface area contributed by atoms with Crippen LogP contribution in [-0.2, 0) is 9.53 Å². The van der Waals surface area contributed by atoms with Gasteiger partial charge in [-0.25, -0.2) is 0 Å². The highest BCUT2D eigenvalue weighted by Gasteiger charge is 1.99. The molecule has 0 saturated heterocycles. The lowest BCUT2D eigenvalue weighted by molar-refractivity contribution is -0.139. The maximum atomic E-state index is 10.8. The summed E-state index contributed by atoms with van der Waals surface area (Å²) >= 11 is 0. The molecule has 18 heavy (non-hydrogen) atoms.